The Hall–Kier alpha value is -1.82. The van der Waals surface area contributed by atoms with E-state index in [2.05, 4.69) is 5.32 Å². The van der Waals surface area contributed by atoms with Gasteiger partial charge in [0.25, 0.3) is 5.91 Å². The number of likely N-dealkylation sites (N-methyl/N-ethyl adjacent to an activating group) is 1. The van der Waals surface area contributed by atoms with E-state index in [1.165, 1.54) is 18.2 Å². The van der Waals surface area contributed by atoms with Gasteiger partial charge in [0.05, 0.1) is 18.9 Å². The maximum atomic E-state index is 11.8. The van der Waals surface area contributed by atoms with Crippen molar-refractivity contribution in [1.82, 2.24) is 10.2 Å². The molecule has 0 aliphatic heterocycles. The van der Waals surface area contributed by atoms with E-state index >= 15 is 0 Å². The molecular formula is C13H20N2O4. The first-order valence-electron chi connectivity index (χ1n) is 6.28. The topological polar surface area (TPSA) is 82.8 Å². The molecule has 0 radical (unpaired) electrons. The van der Waals surface area contributed by atoms with Crippen molar-refractivity contribution in [3.8, 4) is 0 Å². The lowest BCUT2D eigenvalue weighted by Gasteiger charge is -2.16. The van der Waals surface area contributed by atoms with Crippen LogP contribution in [0.25, 0.3) is 0 Å². The molecular weight excluding hydrogens is 248 g/mol. The minimum Gasteiger partial charge on any atom is -0.459 e. The number of carbonyl (C=O) groups is 2. The second kappa shape index (κ2) is 7.58. The lowest BCUT2D eigenvalue weighted by molar-refractivity contribution is -0.122. The number of nitrogens with zero attached hydrogens (tertiary/aromatic N) is 1. The van der Waals surface area contributed by atoms with E-state index in [0.29, 0.717) is 6.42 Å². The van der Waals surface area contributed by atoms with Crippen LogP contribution in [0.5, 0.6) is 0 Å². The van der Waals surface area contributed by atoms with E-state index in [0.717, 1.165) is 6.42 Å². The molecule has 1 heterocycles. The van der Waals surface area contributed by atoms with Gasteiger partial charge in [0.1, 0.15) is 0 Å². The maximum absolute atomic E-state index is 11.8. The van der Waals surface area contributed by atoms with Crippen molar-refractivity contribution < 1.29 is 19.1 Å². The fraction of sp³-hybridized carbons (Fsp3) is 0.538. The first-order chi connectivity index (χ1) is 9.04. The Morgan fingerprint density at radius 3 is 2.84 bits per heavy atom. The van der Waals surface area contributed by atoms with Crippen LogP contribution in [0.3, 0.4) is 0 Å². The molecule has 0 saturated heterocycles. The van der Waals surface area contributed by atoms with Crippen LogP contribution < -0.4 is 5.32 Å². The number of hydrogen-bond acceptors (Lipinski definition) is 4. The van der Waals surface area contributed by atoms with E-state index in [1.807, 2.05) is 6.92 Å². The Morgan fingerprint density at radius 1 is 1.53 bits per heavy atom. The lowest BCUT2D eigenvalue weighted by atomic mass is 10.2. The summed E-state index contributed by atoms with van der Waals surface area (Å²) >= 11 is 0. The van der Waals surface area contributed by atoms with Crippen LogP contribution >= 0.6 is 0 Å². The highest BCUT2D eigenvalue weighted by Crippen LogP contribution is 2.03. The van der Waals surface area contributed by atoms with Gasteiger partial charge in [-0.05, 0) is 18.6 Å². The minimum atomic E-state index is -0.542. The van der Waals surface area contributed by atoms with Crippen molar-refractivity contribution in [2.75, 3.05) is 20.1 Å². The summed E-state index contributed by atoms with van der Waals surface area (Å²) in [6.07, 6.45) is 2.36. The summed E-state index contributed by atoms with van der Waals surface area (Å²) in [7, 11) is 1.52. The highest BCUT2D eigenvalue weighted by Gasteiger charge is 2.17. The third-order valence-corrected chi connectivity index (χ3v) is 2.62. The number of aliphatic hydroxyl groups excluding tert-OH is 1. The van der Waals surface area contributed by atoms with Crippen molar-refractivity contribution in [3.63, 3.8) is 0 Å². The van der Waals surface area contributed by atoms with Crippen LogP contribution in [0.4, 0.5) is 0 Å². The highest BCUT2D eigenvalue weighted by atomic mass is 16.3. The quantitative estimate of drug-likeness (QED) is 0.759. The van der Waals surface area contributed by atoms with Gasteiger partial charge in [-0.15, -0.1) is 0 Å². The number of aliphatic hydroxyl groups is 1. The SMILES string of the molecule is CCCC(O)CNC(=O)CN(C)C(=O)c1ccco1. The first kappa shape index (κ1) is 15.2. The van der Waals surface area contributed by atoms with E-state index in [-0.39, 0.29) is 30.7 Å². The number of carbonyl (C=O) groups excluding carboxylic acids is 2. The minimum absolute atomic E-state index is 0.0711. The number of amides is 2. The molecule has 2 N–H and O–H groups in total. The van der Waals surface area contributed by atoms with Crippen LogP contribution in [0, 0.1) is 0 Å². The molecule has 1 aromatic heterocycles. The summed E-state index contributed by atoms with van der Waals surface area (Å²) < 4.78 is 4.97. The zero-order valence-electron chi connectivity index (χ0n) is 11.3. The van der Waals surface area contributed by atoms with Crippen molar-refractivity contribution in [3.05, 3.63) is 24.2 Å². The number of furan rings is 1. The molecule has 0 bridgehead atoms. The smallest absolute Gasteiger partial charge is 0.289 e. The summed E-state index contributed by atoms with van der Waals surface area (Å²) in [6, 6.07) is 3.16. The van der Waals surface area contributed by atoms with Crippen LogP contribution in [0.2, 0.25) is 0 Å². The van der Waals surface area contributed by atoms with Gasteiger partial charge in [-0.1, -0.05) is 13.3 Å². The Bertz CT molecular complexity index is 403. The normalized spacial score (nSPS) is 11.9. The van der Waals surface area contributed by atoms with Gasteiger partial charge < -0.3 is 19.7 Å². The van der Waals surface area contributed by atoms with Gasteiger partial charge in [0.15, 0.2) is 5.76 Å². The molecule has 1 aromatic rings. The first-order valence-corrected chi connectivity index (χ1v) is 6.28. The second-order valence-electron chi connectivity index (χ2n) is 4.39. The molecule has 0 aliphatic carbocycles. The van der Waals surface area contributed by atoms with Crippen LogP contribution in [-0.2, 0) is 4.79 Å². The number of hydrogen-bond donors (Lipinski definition) is 2. The van der Waals surface area contributed by atoms with Gasteiger partial charge in [0.2, 0.25) is 5.91 Å². The maximum Gasteiger partial charge on any atom is 0.289 e. The number of rotatable bonds is 7. The molecule has 0 aromatic carbocycles. The molecule has 6 heteroatoms. The molecule has 19 heavy (non-hydrogen) atoms. The van der Waals surface area contributed by atoms with Crippen molar-refractivity contribution in [1.29, 1.82) is 0 Å². The Labute approximate surface area is 112 Å². The molecule has 6 nitrogen and oxygen atoms in total. The zero-order valence-corrected chi connectivity index (χ0v) is 11.3. The van der Waals surface area contributed by atoms with E-state index in [9.17, 15) is 14.7 Å². The summed E-state index contributed by atoms with van der Waals surface area (Å²) in [5, 5.41) is 12.1. The summed E-state index contributed by atoms with van der Waals surface area (Å²) in [5.74, 6) is -0.465. The highest BCUT2D eigenvalue weighted by molar-refractivity contribution is 5.94. The average molecular weight is 268 g/mol. The molecule has 106 valence electrons. The van der Waals surface area contributed by atoms with Crippen LogP contribution in [-0.4, -0.2) is 48.1 Å². The summed E-state index contributed by atoms with van der Waals surface area (Å²) in [6.45, 7) is 2.09. The molecule has 2 amide bonds. The predicted molar refractivity (Wildman–Crippen MR) is 69.6 cm³/mol. The molecule has 1 unspecified atom stereocenters. The molecule has 0 spiro atoms. The lowest BCUT2D eigenvalue weighted by Crippen LogP contribution is -2.40. The largest absolute Gasteiger partial charge is 0.459 e. The van der Waals surface area contributed by atoms with Crippen molar-refractivity contribution in [2.45, 2.75) is 25.9 Å². The van der Waals surface area contributed by atoms with Gasteiger partial charge in [-0.25, -0.2) is 0 Å². The standard InChI is InChI=1S/C13H20N2O4/c1-3-5-10(16)8-14-12(17)9-15(2)13(18)11-6-4-7-19-11/h4,6-7,10,16H,3,5,8-9H2,1-2H3,(H,14,17). The van der Waals surface area contributed by atoms with Crippen LogP contribution in [0.1, 0.15) is 30.3 Å². The molecule has 0 fully saturated rings. The Balaban J connectivity index is 2.34. The average Bonchev–Trinajstić information content (AvgIpc) is 2.89. The van der Waals surface area contributed by atoms with E-state index < -0.39 is 6.10 Å². The van der Waals surface area contributed by atoms with E-state index in [4.69, 9.17) is 4.42 Å². The molecule has 0 aliphatic rings. The second-order valence-corrected chi connectivity index (χ2v) is 4.39. The van der Waals surface area contributed by atoms with Gasteiger partial charge in [-0.3, -0.25) is 9.59 Å². The summed E-state index contributed by atoms with van der Waals surface area (Å²) in [5.41, 5.74) is 0. The molecule has 1 rings (SSSR count). The fourth-order valence-corrected chi connectivity index (χ4v) is 1.60. The fourth-order valence-electron chi connectivity index (χ4n) is 1.60. The molecule has 0 saturated carbocycles. The van der Waals surface area contributed by atoms with E-state index in [1.54, 1.807) is 12.1 Å². The van der Waals surface area contributed by atoms with Gasteiger partial charge in [-0.2, -0.15) is 0 Å². The molecule has 1 atom stereocenters. The third-order valence-electron chi connectivity index (χ3n) is 2.62. The summed E-state index contributed by atoms with van der Waals surface area (Å²) in [4.78, 5) is 24.6. The van der Waals surface area contributed by atoms with Crippen LogP contribution in [0.15, 0.2) is 22.8 Å². The monoisotopic (exact) mass is 268 g/mol. The van der Waals surface area contributed by atoms with Crippen molar-refractivity contribution >= 4 is 11.8 Å². The van der Waals surface area contributed by atoms with Gasteiger partial charge >= 0.3 is 0 Å². The Kier molecular flexibility index (Phi) is 6.08. The van der Waals surface area contributed by atoms with Gasteiger partial charge in [0, 0.05) is 13.6 Å². The zero-order chi connectivity index (χ0) is 14.3. The number of nitrogens with one attached hydrogen (secondary N) is 1. The van der Waals surface area contributed by atoms with Crippen molar-refractivity contribution in [2.24, 2.45) is 0 Å². The Morgan fingerprint density at radius 2 is 2.26 bits per heavy atom. The predicted octanol–water partition coefficient (Wildman–Crippen LogP) is 0.629. The third kappa shape index (κ3) is 5.13.